The molecule has 2 aliphatic carbocycles. The summed E-state index contributed by atoms with van der Waals surface area (Å²) in [5, 5.41) is 13.7. The van der Waals surface area contributed by atoms with Gasteiger partial charge in [0.25, 0.3) is 0 Å². The molecule has 3 nitrogen and oxygen atoms in total. The standard InChI is InChI=1S/C14H26N2O/c17-14-4-2-1-3-13(14)15-11-7-9-16(10-8-11)12-5-6-12/h11-15,17H,1-10H2/t13-,14-/m0/s1. The van der Waals surface area contributed by atoms with Crippen LogP contribution in [0.2, 0.25) is 0 Å². The zero-order chi connectivity index (χ0) is 11.7. The van der Waals surface area contributed by atoms with Crippen molar-refractivity contribution in [2.45, 2.75) is 75.6 Å². The lowest BCUT2D eigenvalue weighted by molar-refractivity contribution is 0.0758. The van der Waals surface area contributed by atoms with Crippen molar-refractivity contribution in [1.82, 2.24) is 10.2 Å². The molecule has 0 spiro atoms. The number of aliphatic hydroxyl groups excluding tert-OH is 1. The summed E-state index contributed by atoms with van der Waals surface area (Å²) in [6, 6.07) is 1.96. The predicted molar refractivity (Wildman–Crippen MR) is 69.0 cm³/mol. The fraction of sp³-hybridized carbons (Fsp3) is 1.00. The first-order chi connectivity index (χ1) is 8.33. The molecule has 3 rings (SSSR count). The van der Waals surface area contributed by atoms with Crippen molar-refractivity contribution in [3.05, 3.63) is 0 Å². The number of rotatable bonds is 3. The van der Waals surface area contributed by atoms with Crippen LogP contribution < -0.4 is 5.32 Å². The lowest BCUT2D eigenvalue weighted by Gasteiger charge is -2.37. The Morgan fingerprint density at radius 3 is 2.24 bits per heavy atom. The molecule has 3 aliphatic rings. The Bertz CT molecular complexity index is 247. The van der Waals surface area contributed by atoms with Gasteiger partial charge in [-0.3, -0.25) is 0 Å². The first kappa shape index (κ1) is 11.9. The zero-order valence-corrected chi connectivity index (χ0v) is 10.8. The van der Waals surface area contributed by atoms with Crippen LogP contribution in [0.15, 0.2) is 0 Å². The Kier molecular flexibility index (Phi) is 3.69. The highest BCUT2D eigenvalue weighted by atomic mass is 16.3. The van der Waals surface area contributed by atoms with E-state index in [1.807, 2.05) is 0 Å². The molecule has 17 heavy (non-hydrogen) atoms. The fourth-order valence-corrected chi connectivity index (χ4v) is 3.48. The maximum atomic E-state index is 9.98. The summed E-state index contributed by atoms with van der Waals surface area (Å²) < 4.78 is 0. The molecule has 0 radical (unpaired) electrons. The minimum absolute atomic E-state index is 0.0924. The average Bonchev–Trinajstić information content (AvgIpc) is 3.17. The third kappa shape index (κ3) is 3.01. The van der Waals surface area contributed by atoms with Crippen molar-refractivity contribution in [3.8, 4) is 0 Å². The molecule has 1 aliphatic heterocycles. The van der Waals surface area contributed by atoms with E-state index in [2.05, 4.69) is 10.2 Å². The Balaban J connectivity index is 1.43. The van der Waals surface area contributed by atoms with Crippen molar-refractivity contribution >= 4 is 0 Å². The van der Waals surface area contributed by atoms with Crippen LogP contribution in [0.25, 0.3) is 0 Å². The molecular formula is C14H26N2O. The second-order valence-corrected chi connectivity index (χ2v) is 6.17. The van der Waals surface area contributed by atoms with Gasteiger partial charge >= 0.3 is 0 Å². The van der Waals surface area contributed by atoms with Gasteiger partial charge in [0.05, 0.1) is 6.10 Å². The van der Waals surface area contributed by atoms with Gasteiger partial charge in [-0.15, -0.1) is 0 Å². The van der Waals surface area contributed by atoms with Gasteiger partial charge in [0.2, 0.25) is 0 Å². The predicted octanol–water partition coefficient (Wildman–Crippen LogP) is 1.51. The highest BCUT2D eigenvalue weighted by molar-refractivity contribution is 4.91. The number of hydrogen-bond acceptors (Lipinski definition) is 3. The van der Waals surface area contributed by atoms with Crippen LogP contribution in [0.1, 0.15) is 51.4 Å². The van der Waals surface area contributed by atoms with Gasteiger partial charge in [-0.25, -0.2) is 0 Å². The summed E-state index contributed by atoms with van der Waals surface area (Å²) in [5.41, 5.74) is 0. The van der Waals surface area contributed by atoms with Crippen LogP contribution in [0.5, 0.6) is 0 Å². The van der Waals surface area contributed by atoms with Gasteiger partial charge in [0.15, 0.2) is 0 Å². The Morgan fingerprint density at radius 2 is 1.59 bits per heavy atom. The largest absolute Gasteiger partial charge is 0.392 e. The molecule has 2 atom stereocenters. The highest BCUT2D eigenvalue weighted by Crippen LogP contribution is 2.29. The summed E-state index contributed by atoms with van der Waals surface area (Å²) in [7, 11) is 0. The van der Waals surface area contributed by atoms with Gasteiger partial charge < -0.3 is 15.3 Å². The lowest BCUT2D eigenvalue weighted by atomic mass is 9.91. The Labute approximate surface area is 105 Å². The van der Waals surface area contributed by atoms with Gasteiger partial charge in [-0.1, -0.05) is 12.8 Å². The number of nitrogens with zero attached hydrogens (tertiary/aromatic N) is 1. The van der Waals surface area contributed by atoms with Crippen LogP contribution in [0.3, 0.4) is 0 Å². The number of likely N-dealkylation sites (tertiary alicyclic amines) is 1. The molecule has 1 heterocycles. The summed E-state index contributed by atoms with van der Waals surface area (Å²) >= 11 is 0. The van der Waals surface area contributed by atoms with Gasteiger partial charge in [0, 0.05) is 18.1 Å². The maximum Gasteiger partial charge on any atom is 0.0693 e. The normalized spacial score (nSPS) is 37.2. The van der Waals surface area contributed by atoms with E-state index in [9.17, 15) is 5.11 Å². The van der Waals surface area contributed by atoms with Gasteiger partial charge in [-0.05, 0) is 51.6 Å². The van der Waals surface area contributed by atoms with Crippen molar-refractivity contribution in [2.24, 2.45) is 0 Å². The Hall–Kier alpha value is -0.120. The van der Waals surface area contributed by atoms with Gasteiger partial charge in [0.1, 0.15) is 0 Å². The fourth-order valence-electron chi connectivity index (χ4n) is 3.48. The number of nitrogens with one attached hydrogen (secondary N) is 1. The molecule has 0 aromatic heterocycles. The monoisotopic (exact) mass is 238 g/mol. The third-order valence-corrected chi connectivity index (χ3v) is 4.77. The zero-order valence-electron chi connectivity index (χ0n) is 10.8. The van der Waals surface area contributed by atoms with E-state index in [1.165, 1.54) is 58.0 Å². The number of hydrogen-bond donors (Lipinski definition) is 2. The summed E-state index contributed by atoms with van der Waals surface area (Å²) in [5.74, 6) is 0. The average molecular weight is 238 g/mol. The van der Waals surface area contributed by atoms with Crippen LogP contribution in [-0.2, 0) is 0 Å². The van der Waals surface area contributed by atoms with E-state index in [0.29, 0.717) is 12.1 Å². The van der Waals surface area contributed by atoms with E-state index in [1.54, 1.807) is 0 Å². The second kappa shape index (κ2) is 5.25. The SMILES string of the molecule is O[C@H]1CCCC[C@@H]1NC1CCN(C2CC2)CC1. The van der Waals surface area contributed by atoms with E-state index in [0.717, 1.165) is 12.5 Å². The molecular weight excluding hydrogens is 212 g/mol. The molecule has 1 saturated heterocycles. The molecule has 0 unspecified atom stereocenters. The maximum absolute atomic E-state index is 9.98. The van der Waals surface area contributed by atoms with Crippen molar-refractivity contribution in [2.75, 3.05) is 13.1 Å². The van der Waals surface area contributed by atoms with E-state index >= 15 is 0 Å². The topological polar surface area (TPSA) is 35.5 Å². The minimum Gasteiger partial charge on any atom is -0.392 e. The lowest BCUT2D eigenvalue weighted by Crippen LogP contribution is -2.51. The van der Waals surface area contributed by atoms with E-state index < -0.39 is 0 Å². The number of aliphatic hydroxyl groups is 1. The molecule has 2 N–H and O–H groups in total. The molecule has 0 amide bonds. The van der Waals surface area contributed by atoms with Crippen LogP contribution in [0, 0.1) is 0 Å². The first-order valence-electron chi connectivity index (χ1n) is 7.51. The minimum atomic E-state index is -0.0924. The molecule has 2 saturated carbocycles. The molecule has 0 bridgehead atoms. The van der Waals surface area contributed by atoms with Crippen LogP contribution >= 0.6 is 0 Å². The van der Waals surface area contributed by atoms with E-state index in [-0.39, 0.29) is 6.10 Å². The first-order valence-corrected chi connectivity index (χ1v) is 7.51. The molecule has 3 heteroatoms. The quantitative estimate of drug-likeness (QED) is 0.782. The molecule has 0 aromatic carbocycles. The van der Waals surface area contributed by atoms with Crippen LogP contribution in [-0.4, -0.2) is 47.3 Å². The second-order valence-electron chi connectivity index (χ2n) is 6.17. The highest BCUT2D eigenvalue weighted by Gasteiger charge is 2.33. The van der Waals surface area contributed by atoms with Crippen LogP contribution in [0.4, 0.5) is 0 Å². The number of piperidine rings is 1. The van der Waals surface area contributed by atoms with Crippen molar-refractivity contribution in [1.29, 1.82) is 0 Å². The third-order valence-electron chi connectivity index (χ3n) is 4.77. The molecule has 0 aromatic rings. The molecule has 98 valence electrons. The summed E-state index contributed by atoms with van der Waals surface area (Å²) in [6.07, 6.45) is 9.99. The summed E-state index contributed by atoms with van der Waals surface area (Å²) in [6.45, 7) is 2.54. The van der Waals surface area contributed by atoms with Gasteiger partial charge in [-0.2, -0.15) is 0 Å². The smallest absolute Gasteiger partial charge is 0.0693 e. The van der Waals surface area contributed by atoms with Crippen molar-refractivity contribution in [3.63, 3.8) is 0 Å². The summed E-state index contributed by atoms with van der Waals surface area (Å²) in [4.78, 5) is 2.66. The van der Waals surface area contributed by atoms with E-state index in [4.69, 9.17) is 0 Å². The van der Waals surface area contributed by atoms with Crippen molar-refractivity contribution < 1.29 is 5.11 Å². The Morgan fingerprint density at radius 1 is 0.882 bits per heavy atom. The molecule has 3 fully saturated rings.